The van der Waals surface area contributed by atoms with Gasteiger partial charge in [-0.3, -0.25) is 19.2 Å². The molecule has 2 aromatic carbocycles. The highest BCUT2D eigenvalue weighted by Crippen LogP contribution is 2.15. The molecular formula is C28H34F2N2O4. The fourth-order valence-electron chi connectivity index (χ4n) is 3.69. The fraction of sp³-hybridized carbons (Fsp3) is 0.429. The van der Waals surface area contributed by atoms with Crippen molar-refractivity contribution < 1.29 is 28.0 Å². The summed E-state index contributed by atoms with van der Waals surface area (Å²) in [5.41, 5.74) is 0.320. The van der Waals surface area contributed by atoms with Crippen molar-refractivity contribution in [2.75, 3.05) is 6.54 Å². The number of hydrogen-bond donors (Lipinski definition) is 2. The van der Waals surface area contributed by atoms with E-state index >= 15 is 0 Å². The van der Waals surface area contributed by atoms with Gasteiger partial charge >= 0.3 is 0 Å². The number of Topliss-reactive ketones (excluding diaryl/α,β-unsaturated/α-hetero) is 2. The molecule has 194 valence electrons. The molecule has 2 aromatic rings. The fourth-order valence-corrected chi connectivity index (χ4v) is 3.69. The van der Waals surface area contributed by atoms with Gasteiger partial charge in [0.25, 0.3) is 0 Å². The van der Waals surface area contributed by atoms with E-state index in [4.69, 9.17) is 0 Å². The molecule has 36 heavy (non-hydrogen) atoms. The van der Waals surface area contributed by atoms with Crippen LogP contribution < -0.4 is 10.6 Å². The first-order valence-corrected chi connectivity index (χ1v) is 12.1. The Bertz CT molecular complexity index is 1060. The molecule has 0 aromatic heterocycles. The van der Waals surface area contributed by atoms with Crippen molar-refractivity contribution in [3.8, 4) is 0 Å². The Hall–Kier alpha value is -3.42. The summed E-state index contributed by atoms with van der Waals surface area (Å²) in [7, 11) is 0. The quantitative estimate of drug-likeness (QED) is 0.312. The van der Waals surface area contributed by atoms with Crippen LogP contribution >= 0.6 is 0 Å². The minimum absolute atomic E-state index is 0.00676. The Kier molecular flexibility index (Phi) is 10.9. The molecule has 2 rings (SSSR count). The first kappa shape index (κ1) is 28.8. The second-order valence-electron chi connectivity index (χ2n) is 9.87. The highest BCUT2D eigenvalue weighted by atomic mass is 19.1. The minimum atomic E-state index is -0.865. The predicted molar refractivity (Wildman–Crippen MR) is 133 cm³/mol. The maximum absolute atomic E-state index is 13.8. The zero-order valence-corrected chi connectivity index (χ0v) is 21.0. The number of halogens is 2. The number of hydrogen-bond acceptors (Lipinski definition) is 4. The molecule has 0 saturated heterocycles. The molecule has 0 bridgehead atoms. The third-order valence-corrected chi connectivity index (χ3v) is 5.45. The van der Waals surface area contributed by atoms with Gasteiger partial charge in [0, 0.05) is 37.8 Å². The van der Waals surface area contributed by atoms with Crippen molar-refractivity contribution in [1.82, 2.24) is 10.6 Å². The van der Waals surface area contributed by atoms with E-state index in [-0.39, 0.29) is 61.1 Å². The Morgan fingerprint density at radius 3 is 2.19 bits per heavy atom. The van der Waals surface area contributed by atoms with E-state index in [1.807, 2.05) is 20.8 Å². The molecule has 0 aliphatic heterocycles. The molecule has 0 heterocycles. The smallest absolute Gasteiger partial charge is 0.224 e. The molecule has 2 amide bonds. The number of rotatable bonds is 13. The lowest BCUT2D eigenvalue weighted by molar-refractivity contribution is -0.133. The first-order chi connectivity index (χ1) is 16.9. The zero-order valence-electron chi connectivity index (χ0n) is 21.0. The molecule has 1 atom stereocenters. The first-order valence-electron chi connectivity index (χ1n) is 12.1. The Morgan fingerprint density at radius 2 is 1.56 bits per heavy atom. The lowest BCUT2D eigenvalue weighted by Gasteiger charge is -2.23. The van der Waals surface area contributed by atoms with Gasteiger partial charge in [0.2, 0.25) is 11.8 Å². The molecule has 0 aliphatic carbocycles. The van der Waals surface area contributed by atoms with Crippen molar-refractivity contribution in [1.29, 1.82) is 0 Å². The summed E-state index contributed by atoms with van der Waals surface area (Å²) in [6.07, 6.45) is 0.636. The van der Waals surface area contributed by atoms with Crippen molar-refractivity contribution >= 4 is 23.4 Å². The van der Waals surface area contributed by atoms with E-state index in [9.17, 15) is 28.0 Å². The molecule has 6 nitrogen and oxygen atoms in total. The van der Waals surface area contributed by atoms with Crippen LogP contribution in [0.3, 0.4) is 0 Å². The summed E-state index contributed by atoms with van der Waals surface area (Å²) >= 11 is 0. The summed E-state index contributed by atoms with van der Waals surface area (Å²) in [6, 6.07) is 11.6. The van der Waals surface area contributed by atoms with E-state index in [1.54, 1.807) is 18.2 Å². The molecule has 8 heteroatoms. The summed E-state index contributed by atoms with van der Waals surface area (Å²) in [5, 5.41) is 5.50. The van der Waals surface area contributed by atoms with Crippen LogP contribution in [0.5, 0.6) is 0 Å². The van der Waals surface area contributed by atoms with Gasteiger partial charge in [0.05, 0.1) is 11.5 Å². The molecule has 2 N–H and O–H groups in total. The van der Waals surface area contributed by atoms with Gasteiger partial charge in [-0.1, -0.05) is 24.3 Å². The van der Waals surface area contributed by atoms with Crippen LogP contribution in [0.15, 0.2) is 48.5 Å². The van der Waals surface area contributed by atoms with Crippen LogP contribution in [0.1, 0.15) is 68.8 Å². The average molecular weight is 501 g/mol. The minimum Gasteiger partial charge on any atom is -0.356 e. The second-order valence-corrected chi connectivity index (χ2v) is 9.87. The van der Waals surface area contributed by atoms with Crippen LogP contribution in [0, 0.1) is 17.6 Å². The average Bonchev–Trinajstić information content (AvgIpc) is 2.80. The normalized spacial score (nSPS) is 12.0. The van der Waals surface area contributed by atoms with Gasteiger partial charge in [-0.05, 0) is 63.4 Å². The number of nitrogens with one attached hydrogen (secondary N) is 2. The lowest BCUT2D eigenvalue weighted by atomic mass is 9.94. The Labute approximate surface area is 210 Å². The SMILES string of the molecule is CC(C)(C)NC(=O)C[C@H](CC(=O)CCc1ccc(F)cc1)C(=O)NCCCC(=O)c1ccccc1F. The van der Waals surface area contributed by atoms with E-state index in [0.29, 0.717) is 12.8 Å². The van der Waals surface area contributed by atoms with Crippen LogP contribution in [0.4, 0.5) is 8.78 Å². The molecule has 0 aliphatic rings. The van der Waals surface area contributed by atoms with Crippen LogP contribution in [-0.2, 0) is 20.8 Å². The maximum Gasteiger partial charge on any atom is 0.224 e. The molecule has 0 spiro atoms. The summed E-state index contributed by atoms with van der Waals surface area (Å²) in [6.45, 7) is 5.61. The largest absolute Gasteiger partial charge is 0.356 e. The molecule has 0 radical (unpaired) electrons. The number of benzene rings is 2. The molecule has 0 fully saturated rings. The number of ketones is 2. The lowest BCUT2D eigenvalue weighted by Crippen LogP contribution is -2.43. The van der Waals surface area contributed by atoms with Crippen molar-refractivity contribution in [3.05, 3.63) is 71.3 Å². The van der Waals surface area contributed by atoms with E-state index < -0.39 is 23.2 Å². The maximum atomic E-state index is 13.8. The monoisotopic (exact) mass is 500 g/mol. The number of aryl methyl sites for hydroxylation is 1. The number of carbonyl (C=O) groups is 4. The third-order valence-electron chi connectivity index (χ3n) is 5.45. The summed E-state index contributed by atoms with van der Waals surface area (Å²) < 4.78 is 26.8. The van der Waals surface area contributed by atoms with E-state index in [1.165, 1.54) is 30.3 Å². The predicted octanol–water partition coefficient (Wildman–Crippen LogP) is 4.56. The van der Waals surface area contributed by atoms with Crippen LogP contribution in [0.25, 0.3) is 0 Å². The Morgan fingerprint density at radius 1 is 0.889 bits per heavy atom. The van der Waals surface area contributed by atoms with Gasteiger partial charge in [0.1, 0.15) is 17.4 Å². The zero-order chi connectivity index (χ0) is 26.7. The van der Waals surface area contributed by atoms with Gasteiger partial charge in [-0.2, -0.15) is 0 Å². The Balaban J connectivity index is 1.91. The van der Waals surface area contributed by atoms with Gasteiger partial charge in [-0.25, -0.2) is 8.78 Å². The van der Waals surface area contributed by atoms with Gasteiger partial charge in [0.15, 0.2) is 5.78 Å². The number of carbonyl (C=O) groups excluding carboxylic acids is 4. The van der Waals surface area contributed by atoms with E-state index in [2.05, 4.69) is 10.6 Å². The van der Waals surface area contributed by atoms with Gasteiger partial charge in [-0.15, -0.1) is 0 Å². The number of amides is 2. The van der Waals surface area contributed by atoms with E-state index in [0.717, 1.165) is 5.56 Å². The summed E-state index contributed by atoms with van der Waals surface area (Å²) in [5.74, 6) is -3.15. The molecule has 0 unspecified atom stereocenters. The third kappa shape index (κ3) is 10.5. The van der Waals surface area contributed by atoms with Crippen LogP contribution in [-0.4, -0.2) is 35.5 Å². The topological polar surface area (TPSA) is 92.3 Å². The molecule has 0 saturated carbocycles. The second kappa shape index (κ2) is 13.6. The van der Waals surface area contributed by atoms with Crippen molar-refractivity contribution in [2.24, 2.45) is 5.92 Å². The summed E-state index contributed by atoms with van der Waals surface area (Å²) in [4.78, 5) is 50.1. The van der Waals surface area contributed by atoms with Crippen molar-refractivity contribution in [3.63, 3.8) is 0 Å². The highest BCUT2D eigenvalue weighted by Gasteiger charge is 2.26. The van der Waals surface area contributed by atoms with Gasteiger partial charge < -0.3 is 10.6 Å². The molecular weight excluding hydrogens is 466 g/mol. The highest BCUT2D eigenvalue weighted by molar-refractivity contribution is 5.96. The van der Waals surface area contributed by atoms with Crippen molar-refractivity contribution in [2.45, 2.75) is 64.8 Å². The standard InChI is InChI=1S/C28H34F2N2O4/c1-28(2,3)32-26(35)18-20(17-22(33)15-12-19-10-13-21(29)14-11-19)27(36)31-16-6-9-25(34)23-7-4-5-8-24(23)30/h4-5,7-8,10-11,13-14,20H,6,9,12,15-18H2,1-3H3,(H,31,36)(H,32,35)/t20-/m0/s1. The van der Waals surface area contributed by atoms with Crippen LogP contribution in [0.2, 0.25) is 0 Å².